The summed E-state index contributed by atoms with van der Waals surface area (Å²) in [6.45, 7) is 2.16. The number of aromatic nitrogens is 3. The molecule has 1 heterocycles. The molecule has 5 nitrogen and oxygen atoms in total. The third-order valence-electron chi connectivity index (χ3n) is 4.61. The quantitative estimate of drug-likeness (QED) is 0.438. The molecule has 4 rings (SSSR count). The second kappa shape index (κ2) is 8.61. The summed E-state index contributed by atoms with van der Waals surface area (Å²) in [5.41, 5.74) is 1.82. The summed E-state index contributed by atoms with van der Waals surface area (Å²) in [6.07, 6.45) is 2.98. The molecule has 0 aliphatic rings. The molecule has 0 atom stereocenters. The molecule has 0 saturated heterocycles. The van der Waals surface area contributed by atoms with Crippen LogP contribution in [-0.4, -0.2) is 19.9 Å². The largest absolute Gasteiger partial charge is 0.508 e. The predicted octanol–water partition coefficient (Wildman–Crippen LogP) is 5.77. The van der Waals surface area contributed by atoms with Crippen LogP contribution in [0.5, 0.6) is 17.2 Å². The van der Waals surface area contributed by atoms with Crippen molar-refractivity contribution in [2.75, 3.05) is 0 Å². The van der Waals surface area contributed by atoms with Gasteiger partial charge in [-0.25, -0.2) is 9.67 Å². The van der Waals surface area contributed by atoms with Crippen LogP contribution < -0.4 is 4.74 Å². The fraction of sp³-hybridized carbons (Fsp3) is 0.167. The highest BCUT2D eigenvalue weighted by Gasteiger charge is 2.13. The van der Waals surface area contributed by atoms with Gasteiger partial charge in [-0.15, -0.1) is 5.10 Å². The average Bonchev–Trinajstić information content (AvgIpc) is 3.18. The van der Waals surface area contributed by atoms with Gasteiger partial charge in [0.1, 0.15) is 23.1 Å². The van der Waals surface area contributed by atoms with Crippen LogP contribution in [0.4, 0.5) is 0 Å². The van der Waals surface area contributed by atoms with Crippen LogP contribution in [0.2, 0.25) is 0 Å². The Balaban J connectivity index is 1.62. The maximum absolute atomic E-state index is 9.53. The van der Waals surface area contributed by atoms with Gasteiger partial charge in [-0.05, 0) is 67.1 Å². The summed E-state index contributed by atoms with van der Waals surface area (Å²) in [5.74, 6) is 3.38. The fourth-order valence-corrected chi connectivity index (χ4v) is 3.06. The van der Waals surface area contributed by atoms with Crippen molar-refractivity contribution >= 4 is 0 Å². The number of hydrogen-bond donors (Lipinski definition) is 1. The smallest absolute Gasteiger partial charge is 0.181 e. The first-order valence-electron chi connectivity index (χ1n) is 9.81. The summed E-state index contributed by atoms with van der Waals surface area (Å²) < 4.78 is 7.77. The van der Waals surface area contributed by atoms with Crippen LogP contribution in [0.3, 0.4) is 0 Å². The summed E-state index contributed by atoms with van der Waals surface area (Å²) in [6, 6.07) is 24.5. The predicted molar refractivity (Wildman–Crippen MR) is 114 cm³/mol. The zero-order valence-electron chi connectivity index (χ0n) is 16.3. The summed E-state index contributed by atoms with van der Waals surface area (Å²) >= 11 is 0. The van der Waals surface area contributed by atoms with E-state index in [1.165, 1.54) is 0 Å². The first-order chi connectivity index (χ1) is 14.2. The molecule has 0 unspecified atom stereocenters. The van der Waals surface area contributed by atoms with E-state index in [1.54, 1.807) is 12.1 Å². The molecule has 1 N–H and O–H groups in total. The lowest BCUT2D eigenvalue weighted by molar-refractivity contribution is 0.475. The minimum atomic E-state index is 0.230. The van der Waals surface area contributed by atoms with E-state index < -0.39 is 0 Å². The van der Waals surface area contributed by atoms with E-state index in [0.717, 1.165) is 47.8 Å². The molecule has 0 fully saturated rings. The molecule has 3 aromatic carbocycles. The van der Waals surface area contributed by atoms with E-state index >= 15 is 0 Å². The number of rotatable bonds is 7. The van der Waals surface area contributed by atoms with Gasteiger partial charge in [-0.1, -0.05) is 31.5 Å². The standard InChI is InChI=1S/C24H23N3O2/c1-2-3-9-23-25-24(18-10-14-20(28)15-11-18)26-27(23)19-12-16-22(17-13-19)29-21-7-5-4-6-8-21/h4-8,10-17,28H,2-3,9H2,1H3. The van der Waals surface area contributed by atoms with Gasteiger partial charge in [0.25, 0.3) is 0 Å². The Morgan fingerprint density at radius 2 is 1.55 bits per heavy atom. The van der Waals surface area contributed by atoms with Crippen LogP contribution in [0.15, 0.2) is 78.9 Å². The third kappa shape index (κ3) is 4.46. The van der Waals surface area contributed by atoms with E-state index in [1.807, 2.05) is 71.4 Å². The van der Waals surface area contributed by atoms with Crippen LogP contribution in [0.1, 0.15) is 25.6 Å². The SMILES string of the molecule is CCCCc1nc(-c2ccc(O)cc2)nn1-c1ccc(Oc2ccccc2)cc1. The Kier molecular flexibility index (Phi) is 5.56. The van der Waals surface area contributed by atoms with Crippen molar-refractivity contribution in [1.29, 1.82) is 0 Å². The van der Waals surface area contributed by atoms with E-state index in [9.17, 15) is 5.11 Å². The number of aryl methyl sites for hydroxylation is 1. The Hall–Kier alpha value is -3.60. The highest BCUT2D eigenvalue weighted by Crippen LogP contribution is 2.25. The average molecular weight is 385 g/mol. The molecule has 146 valence electrons. The van der Waals surface area contributed by atoms with Gasteiger partial charge < -0.3 is 9.84 Å². The molecule has 4 aromatic rings. The first kappa shape index (κ1) is 18.7. The molecule has 0 aliphatic heterocycles. The number of unbranched alkanes of at least 4 members (excludes halogenated alkanes) is 1. The van der Waals surface area contributed by atoms with Crippen molar-refractivity contribution in [3.63, 3.8) is 0 Å². The number of benzene rings is 3. The molecular formula is C24H23N3O2. The van der Waals surface area contributed by atoms with E-state index in [4.69, 9.17) is 14.8 Å². The maximum Gasteiger partial charge on any atom is 0.181 e. The highest BCUT2D eigenvalue weighted by atomic mass is 16.5. The maximum atomic E-state index is 9.53. The topological polar surface area (TPSA) is 60.2 Å². The van der Waals surface area contributed by atoms with Crippen LogP contribution in [0.25, 0.3) is 17.1 Å². The minimum Gasteiger partial charge on any atom is -0.508 e. The second-order valence-corrected chi connectivity index (χ2v) is 6.82. The van der Waals surface area contributed by atoms with E-state index in [2.05, 4.69) is 6.92 Å². The highest BCUT2D eigenvalue weighted by molar-refractivity contribution is 5.56. The van der Waals surface area contributed by atoms with E-state index in [0.29, 0.717) is 5.82 Å². The van der Waals surface area contributed by atoms with Gasteiger partial charge in [0.15, 0.2) is 5.82 Å². The minimum absolute atomic E-state index is 0.230. The lowest BCUT2D eigenvalue weighted by Gasteiger charge is -2.08. The van der Waals surface area contributed by atoms with Crippen molar-refractivity contribution in [2.24, 2.45) is 0 Å². The number of para-hydroxylation sites is 1. The van der Waals surface area contributed by atoms with Crippen LogP contribution in [0, 0.1) is 0 Å². The summed E-state index contributed by atoms with van der Waals surface area (Å²) in [4.78, 5) is 4.75. The van der Waals surface area contributed by atoms with Gasteiger partial charge in [0.05, 0.1) is 5.69 Å². The van der Waals surface area contributed by atoms with Gasteiger partial charge in [-0.3, -0.25) is 0 Å². The number of phenolic OH excluding ortho intramolecular Hbond substituents is 1. The normalized spacial score (nSPS) is 10.8. The Bertz CT molecular complexity index is 1060. The molecule has 29 heavy (non-hydrogen) atoms. The van der Waals surface area contributed by atoms with Gasteiger partial charge in [-0.2, -0.15) is 0 Å². The Labute approximate surface area is 170 Å². The molecule has 0 spiro atoms. The van der Waals surface area contributed by atoms with Crippen molar-refractivity contribution in [2.45, 2.75) is 26.2 Å². The number of nitrogens with zero attached hydrogens (tertiary/aromatic N) is 3. The summed E-state index contributed by atoms with van der Waals surface area (Å²) in [5, 5.41) is 14.3. The molecule has 0 aliphatic carbocycles. The molecular weight excluding hydrogens is 362 g/mol. The molecule has 5 heteroatoms. The van der Waals surface area contributed by atoms with Gasteiger partial charge in [0, 0.05) is 12.0 Å². The fourth-order valence-electron chi connectivity index (χ4n) is 3.06. The van der Waals surface area contributed by atoms with Gasteiger partial charge >= 0.3 is 0 Å². The molecule has 0 radical (unpaired) electrons. The first-order valence-corrected chi connectivity index (χ1v) is 9.81. The number of phenols is 1. The number of hydrogen-bond acceptors (Lipinski definition) is 4. The van der Waals surface area contributed by atoms with Gasteiger partial charge in [0.2, 0.25) is 0 Å². The second-order valence-electron chi connectivity index (χ2n) is 6.82. The molecule has 0 bridgehead atoms. The monoisotopic (exact) mass is 385 g/mol. The lowest BCUT2D eigenvalue weighted by atomic mass is 10.2. The number of ether oxygens (including phenoxy) is 1. The number of aromatic hydroxyl groups is 1. The van der Waals surface area contributed by atoms with Crippen molar-refractivity contribution < 1.29 is 9.84 Å². The Morgan fingerprint density at radius 1 is 0.862 bits per heavy atom. The third-order valence-corrected chi connectivity index (χ3v) is 4.61. The van der Waals surface area contributed by atoms with Crippen molar-refractivity contribution in [3.05, 3.63) is 84.7 Å². The zero-order valence-corrected chi connectivity index (χ0v) is 16.3. The van der Waals surface area contributed by atoms with Crippen LogP contribution in [-0.2, 0) is 6.42 Å². The molecule has 0 saturated carbocycles. The molecule has 0 amide bonds. The zero-order chi connectivity index (χ0) is 20.1. The van der Waals surface area contributed by atoms with E-state index in [-0.39, 0.29) is 5.75 Å². The summed E-state index contributed by atoms with van der Waals surface area (Å²) in [7, 11) is 0. The lowest BCUT2D eigenvalue weighted by Crippen LogP contribution is -2.03. The van der Waals surface area contributed by atoms with Crippen molar-refractivity contribution in [3.8, 4) is 34.3 Å². The van der Waals surface area contributed by atoms with Crippen molar-refractivity contribution in [1.82, 2.24) is 14.8 Å². The van der Waals surface area contributed by atoms with Crippen LogP contribution >= 0.6 is 0 Å². The Morgan fingerprint density at radius 3 is 2.24 bits per heavy atom. The molecule has 1 aromatic heterocycles.